The van der Waals surface area contributed by atoms with Gasteiger partial charge in [0.25, 0.3) is 0 Å². The molecule has 0 N–H and O–H groups in total. The van der Waals surface area contributed by atoms with Gasteiger partial charge in [-0.15, -0.1) is 0 Å². The summed E-state index contributed by atoms with van der Waals surface area (Å²) in [6.07, 6.45) is 5.87. The van der Waals surface area contributed by atoms with Crippen molar-refractivity contribution in [3.05, 3.63) is 48.3 Å². The van der Waals surface area contributed by atoms with E-state index >= 15 is 0 Å². The number of allylic oxidation sites excluding steroid dienone is 4. The van der Waals surface area contributed by atoms with Crippen molar-refractivity contribution in [3.8, 4) is 0 Å². The highest BCUT2D eigenvalue weighted by Crippen LogP contribution is 2.11. The quantitative estimate of drug-likeness (QED) is 0.461. The summed E-state index contributed by atoms with van der Waals surface area (Å²) in [5.41, 5.74) is 2.02. The molecule has 0 spiro atoms. The average molecular weight is 178 g/mol. The molecule has 0 amide bonds. The van der Waals surface area contributed by atoms with Crippen LogP contribution in [0.1, 0.15) is 20.8 Å². The maximum atomic E-state index is 5.28. The zero-order valence-corrected chi connectivity index (χ0v) is 8.76. The van der Waals surface area contributed by atoms with Crippen LogP contribution in [0.2, 0.25) is 0 Å². The van der Waals surface area contributed by atoms with Crippen molar-refractivity contribution in [2.24, 2.45) is 0 Å². The Morgan fingerprint density at radius 3 is 2.31 bits per heavy atom. The monoisotopic (exact) mass is 178 g/mol. The van der Waals surface area contributed by atoms with Crippen molar-refractivity contribution in [2.45, 2.75) is 20.8 Å². The fraction of sp³-hybridized carbons (Fsp3) is 0.333. The third kappa shape index (κ3) is 5.07. The summed E-state index contributed by atoms with van der Waals surface area (Å²) in [5.74, 6) is 0.711. The third-order valence-corrected chi connectivity index (χ3v) is 1.50. The predicted octanol–water partition coefficient (Wildman–Crippen LogP) is 3.62. The number of hydrogen-bond donors (Lipinski definition) is 0. The minimum absolute atomic E-state index is 0.650. The molecule has 0 saturated carbocycles. The van der Waals surface area contributed by atoms with E-state index in [-0.39, 0.29) is 0 Å². The molecule has 72 valence electrons. The smallest absolute Gasteiger partial charge is 0.118 e. The predicted molar refractivity (Wildman–Crippen MR) is 58.5 cm³/mol. The van der Waals surface area contributed by atoms with Crippen LogP contribution in [-0.4, -0.2) is 6.61 Å². The molecule has 1 heteroatoms. The fourth-order valence-electron chi connectivity index (χ4n) is 0.840. The highest BCUT2D eigenvalue weighted by molar-refractivity contribution is 5.36. The largest absolute Gasteiger partial charge is 0.494 e. The molecule has 0 heterocycles. The van der Waals surface area contributed by atoms with Crippen LogP contribution in [0.3, 0.4) is 0 Å². The van der Waals surface area contributed by atoms with Gasteiger partial charge in [-0.3, -0.25) is 0 Å². The van der Waals surface area contributed by atoms with Gasteiger partial charge in [0.2, 0.25) is 0 Å². The molecule has 0 atom stereocenters. The molecule has 0 aromatic heterocycles. The van der Waals surface area contributed by atoms with Gasteiger partial charge in [-0.25, -0.2) is 0 Å². The van der Waals surface area contributed by atoms with Gasteiger partial charge in [-0.1, -0.05) is 37.0 Å². The van der Waals surface area contributed by atoms with Crippen molar-refractivity contribution >= 4 is 0 Å². The molecule has 0 aliphatic carbocycles. The van der Waals surface area contributed by atoms with Crippen LogP contribution in [0.15, 0.2) is 48.3 Å². The Kier molecular flexibility index (Phi) is 5.69. The summed E-state index contributed by atoms with van der Waals surface area (Å²) in [7, 11) is 0. The molecule has 0 unspecified atom stereocenters. The first-order chi connectivity index (χ1) is 6.11. The standard InChI is InChI=1S/C12H18O/c1-6-12(9-8-10(3)4)11(5)13-7-2/h6,8-9H,3,5,7H2,1-2,4H3/b9-8-,12-6+. The van der Waals surface area contributed by atoms with Gasteiger partial charge in [0.05, 0.1) is 6.61 Å². The molecule has 0 radical (unpaired) electrons. The Bertz CT molecular complexity index is 244. The highest BCUT2D eigenvalue weighted by atomic mass is 16.5. The molecule has 0 bridgehead atoms. The van der Waals surface area contributed by atoms with Gasteiger partial charge >= 0.3 is 0 Å². The summed E-state index contributed by atoms with van der Waals surface area (Å²) < 4.78 is 5.28. The molecule has 0 aliphatic heterocycles. The summed E-state index contributed by atoms with van der Waals surface area (Å²) in [5, 5.41) is 0. The molecule has 1 nitrogen and oxygen atoms in total. The Labute approximate surface area is 81.1 Å². The maximum Gasteiger partial charge on any atom is 0.118 e. The first-order valence-electron chi connectivity index (χ1n) is 4.43. The van der Waals surface area contributed by atoms with Gasteiger partial charge in [0, 0.05) is 5.57 Å². The van der Waals surface area contributed by atoms with E-state index in [2.05, 4.69) is 13.2 Å². The highest BCUT2D eigenvalue weighted by Gasteiger charge is 1.96. The van der Waals surface area contributed by atoms with Gasteiger partial charge in [0.15, 0.2) is 0 Å². The van der Waals surface area contributed by atoms with Crippen LogP contribution in [0.5, 0.6) is 0 Å². The summed E-state index contributed by atoms with van der Waals surface area (Å²) in [4.78, 5) is 0. The topological polar surface area (TPSA) is 9.23 Å². The molecule has 13 heavy (non-hydrogen) atoms. The van der Waals surface area contributed by atoms with E-state index in [9.17, 15) is 0 Å². The molecule has 0 saturated heterocycles. The lowest BCUT2D eigenvalue weighted by Crippen LogP contribution is -1.91. The van der Waals surface area contributed by atoms with E-state index in [0.29, 0.717) is 12.4 Å². The van der Waals surface area contributed by atoms with E-state index in [1.807, 2.05) is 39.0 Å². The van der Waals surface area contributed by atoms with Crippen molar-refractivity contribution in [3.63, 3.8) is 0 Å². The number of hydrogen-bond acceptors (Lipinski definition) is 1. The van der Waals surface area contributed by atoms with Gasteiger partial charge in [-0.2, -0.15) is 0 Å². The molecule has 0 aliphatic rings. The Morgan fingerprint density at radius 2 is 1.92 bits per heavy atom. The van der Waals surface area contributed by atoms with Crippen molar-refractivity contribution in [1.29, 1.82) is 0 Å². The molecular weight excluding hydrogens is 160 g/mol. The molecule has 0 rings (SSSR count). The summed E-state index contributed by atoms with van der Waals surface area (Å²) in [6, 6.07) is 0. The van der Waals surface area contributed by atoms with Crippen molar-refractivity contribution in [2.75, 3.05) is 6.61 Å². The minimum Gasteiger partial charge on any atom is -0.494 e. The normalized spacial score (nSPS) is 11.8. The van der Waals surface area contributed by atoms with Crippen LogP contribution >= 0.6 is 0 Å². The second-order valence-corrected chi connectivity index (χ2v) is 2.78. The molecule has 0 fully saturated rings. The van der Waals surface area contributed by atoms with Crippen LogP contribution in [-0.2, 0) is 4.74 Å². The first kappa shape index (κ1) is 11.8. The second-order valence-electron chi connectivity index (χ2n) is 2.78. The summed E-state index contributed by atoms with van der Waals surface area (Å²) >= 11 is 0. The lowest BCUT2D eigenvalue weighted by atomic mass is 10.2. The Hall–Kier alpha value is -1.24. The molecule has 0 aromatic carbocycles. The lowest BCUT2D eigenvalue weighted by molar-refractivity contribution is 0.241. The fourth-order valence-corrected chi connectivity index (χ4v) is 0.840. The Morgan fingerprint density at radius 1 is 1.31 bits per heavy atom. The van der Waals surface area contributed by atoms with E-state index in [4.69, 9.17) is 4.74 Å². The molecular formula is C12H18O. The van der Waals surface area contributed by atoms with Gasteiger partial charge < -0.3 is 4.74 Å². The third-order valence-electron chi connectivity index (χ3n) is 1.50. The van der Waals surface area contributed by atoms with Crippen molar-refractivity contribution < 1.29 is 4.74 Å². The van der Waals surface area contributed by atoms with E-state index < -0.39 is 0 Å². The number of ether oxygens (including phenoxy) is 1. The van der Waals surface area contributed by atoms with E-state index in [0.717, 1.165) is 11.1 Å². The maximum absolute atomic E-state index is 5.28. The Balaban J connectivity index is 4.37. The zero-order chi connectivity index (χ0) is 10.3. The molecule has 0 aromatic rings. The van der Waals surface area contributed by atoms with Gasteiger partial charge in [0.1, 0.15) is 5.76 Å². The van der Waals surface area contributed by atoms with E-state index in [1.54, 1.807) is 0 Å². The van der Waals surface area contributed by atoms with Crippen LogP contribution < -0.4 is 0 Å². The lowest BCUT2D eigenvalue weighted by Gasteiger charge is -2.06. The first-order valence-corrected chi connectivity index (χ1v) is 4.43. The van der Waals surface area contributed by atoms with Gasteiger partial charge in [-0.05, 0) is 20.8 Å². The zero-order valence-electron chi connectivity index (χ0n) is 8.76. The number of rotatable bonds is 5. The van der Waals surface area contributed by atoms with Crippen LogP contribution in [0.4, 0.5) is 0 Å². The van der Waals surface area contributed by atoms with Crippen LogP contribution in [0.25, 0.3) is 0 Å². The SMILES string of the molecule is C=C(C)/C=C\C(=C/C)C(=C)OCC. The van der Waals surface area contributed by atoms with Crippen LogP contribution in [0, 0.1) is 0 Å². The summed E-state index contributed by atoms with van der Waals surface area (Å²) in [6.45, 7) is 14.1. The van der Waals surface area contributed by atoms with Crippen molar-refractivity contribution in [1.82, 2.24) is 0 Å². The van der Waals surface area contributed by atoms with E-state index in [1.165, 1.54) is 0 Å². The minimum atomic E-state index is 0.650. The second kappa shape index (κ2) is 6.30. The average Bonchev–Trinajstić information content (AvgIpc) is 2.05.